The van der Waals surface area contributed by atoms with Gasteiger partial charge in [0, 0.05) is 26.0 Å². The van der Waals surface area contributed by atoms with Crippen molar-refractivity contribution in [1.29, 1.82) is 5.39 Å². The summed E-state index contributed by atoms with van der Waals surface area (Å²) >= 11 is 0. The van der Waals surface area contributed by atoms with Crippen LogP contribution in [-0.2, 0) is 13.6 Å². The summed E-state index contributed by atoms with van der Waals surface area (Å²) in [7, 11) is 1.87. The molecule has 0 aliphatic carbocycles. The number of imidazole rings is 1. The van der Waals surface area contributed by atoms with Gasteiger partial charge in [0.25, 0.3) is 11.0 Å². The SMILES string of the molecule is CCCCn1ccn(C)/c1=N/[N+]#N. The third kappa shape index (κ3) is 2.18. The molecule has 0 aliphatic heterocycles. The van der Waals surface area contributed by atoms with E-state index in [0.717, 1.165) is 19.4 Å². The van der Waals surface area contributed by atoms with Crippen molar-refractivity contribution in [3.8, 4) is 0 Å². The second kappa shape index (κ2) is 4.45. The summed E-state index contributed by atoms with van der Waals surface area (Å²) in [6.45, 7) is 3.04. The molecule has 0 fully saturated rings. The average Bonchev–Trinajstić information content (AvgIpc) is 2.46. The number of hydrogen-bond acceptors (Lipinski definition) is 2. The van der Waals surface area contributed by atoms with Gasteiger partial charge >= 0.3 is 5.08 Å². The third-order valence-corrected chi connectivity index (χ3v) is 1.93. The fraction of sp³-hybridized carbons (Fsp3) is 0.625. The van der Waals surface area contributed by atoms with E-state index in [0.29, 0.717) is 5.62 Å². The van der Waals surface area contributed by atoms with Crippen molar-refractivity contribution >= 4 is 0 Å². The number of unbranched alkanes of at least 4 members (excludes halogenated alkanes) is 1. The molecule has 1 heterocycles. The van der Waals surface area contributed by atoms with E-state index < -0.39 is 0 Å². The molecule has 0 spiro atoms. The van der Waals surface area contributed by atoms with E-state index in [2.05, 4.69) is 17.1 Å². The molecule has 1 aromatic heterocycles. The van der Waals surface area contributed by atoms with Crippen LogP contribution >= 0.6 is 0 Å². The highest BCUT2D eigenvalue weighted by atomic mass is 15.3. The van der Waals surface area contributed by atoms with E-state index in [9.17, 15) is 0 Å². The Morgan fingerprint density at radius 3 is 2.92 bits per heavy atom. The summed E-state index contributed by atoms with van der Waals surface area (Å²) in [5.41, 5.74) is 0.663. The van der Waals surface area contributed by atoms with Crippen molar-refractivity contribution in [2.45, 2.75) is 26.3 Å². The summed E-state index contributed by atoms with van der Waals surface area (Å²) in [4.78, 5) is 0. The van der Waals surface area contributed by atoms with E-state index in [1.807, 2.05) is 28.6 Å². The van der Waals surface area contributed by atoms with E-state index in [1.54, 1.807) is 0 Å². The molecule has 0 aromatic carbocycles. The zero-order chi connectivity index (χ0) is 9.68. The molecule has 5 nitrogen and oxygen atoms in total. The molecule has 0 saturated heterocycles. The van der Waals surface area contributed by atoms with Crippen molar-refractivity contribution in [2.24, 2.45) is 12.1 Å². The zero-order valence-corrected chi connectivity index (χ0v) is 8.01. The topological polar surface area (TPSA) is 50.4 Å². The van der Waals surface area contributed by atoms with Gasteiger partial charge in [-0.15, -0.1) is 0 Å². The van der Waals surface area contributed by atoms with Gasteiger partial charge in [-0.3, -0.25) is 0 Å². The molecular weight excluding hydrogens is 166 g/mol. The van der Waals surface area contributed by atoms with E-state index >= 15 is 0 Å². The van der Waals surface area contributed by atoms with Gasteiger partial charge in [0.05, 0.1) is 0 Å². The predicted molar refractivity (Wildman–Crippen MR) is 49.0 cm³/mol. The standard InChI is InChI=1S/C8H14N5/c1-3-4-5-13-7-6-12(2)8(13)10-11-9/h6-7H,3-5H2,1-2H3/q+1/b10-8-. The molecule has 5 heteroatoms. The summed E-state index contributed by atoms with van der Waals surface area (Å²) in [6, 6.07) is 0. The molecule has 1 rings (SSSR count). The fourth-order valence-corrected chi connectivity index (χ4v) is 1.19. The van der Waals surface area contributed by atoms with Crippen LogP contribution < -0.4 is 5.62 Å². The minimum Gasteiger partial charge on any atom is -0.314 e. The minimum absolute atomic E-state index is 0.663. The Labute approximate surface area is 76.9 Å². The number of hydrogen-bond donors (Lipinski definition) is 0. The predicted octanol–water partition coefficient (Wildman–Crippen LogP) is 1.30. The lowest BCUT2D eigenvalue weighted by molar-refractivity contribution is 0.590. The van der Waals surface area contributed by atoms with Gasteiger partial charge in [-0.1, -0.05) is 13.3 Å². The highest BCUT2D eigenvalue weighted by Crippen LogP contribution is 1.91. The molecule has 0 atom stereocenters. The van der Waals surface area contributed by atoms with Crippen LogP contribution in [0.1, 0.15) is 19.8 Å². The first kappa shape index (κ1) is 9.52. The molecule has 0 bridgehead atoms. The molecule has 0 unspecified atom stereocenters. The fourth-order valence-electron chi connectivity index (χ4n) is 1.19. The maximum atomic E-state index is 8.34. The average molecular weight is 180 g/mol. The van der Waals surface area contributed by atoms with Gasteiger partial charge in [-0.25, -0.2) is 0 Å². The number of aromatic nitrogens is 2. The zero-order valence-electron chi connectivity index (χ0n) is 8.01. The van der Waals surface area contributed by atoms with Gasteiger partial charge in [0.2, 0.25) is 5.10 Å². The Morgan fingerprint density at radius 1 is 1.54 bits per heavy atom. The molecule has 13 heavy (non-hydrogen) atoms. The number of diazo groups is 1. The smallest absolute Gasteiger partial charge is 0.314 e. The van der Waals surface area contributed by atoms with Gasteiger partial charge < -0.3 is 9.13 Å². The maximum absolute atomic E-state index is 8.34. The van der Waals surface area contributed by atoms with Gasteiger partial charge in [0.1, 0.15) is 0 Å². The Hall–Kier alpha value is -1.57. The van der Waals surface area contributed by atoms with E-state index in [-0.39, 0.29) is 0 Å². The first-order valence-corrected chi connectivity index (χ1v) is 4.39. The van der Waals surface area contributed by atoms with Crippen molar-refractivity contribution in [3.63, 3.8) is 0 Å². The van der Waals surface area contributed by atoms with Crippen molar-refractivity contribution in [1.82, 2.24) is 9.13 Å². The number of nitrogens with zero attached hydrogens (tertiary/aromatic N) is 5. The normalized spacial score (nSPS) is 11.6. The molecule has 0 radical (unpaired) electrons. The van der Waals surface area contributed by atoms with Crippen LogP contribution in [0.2, 0.25) is 0 Å². The van der Waals surface area contributed by atoms with Crippen LogP contribution in [0.25, 0.3) is 5.08 Å². The summed E-state index contributed by atoms with van der Waals surface area (Å²) in [5, 5.41) is 14.8. The summed E-state index contributed by atoms with van der Waals surface area (Å²) < 4.78 is 3.78. The Kier molecular flexibility index (Phi) is 3.26. The Morgan fingerprint density at radius 2 is 2.31 bits per heavy atom. The molecular formula is C8H14N5+. The largest absolute Gasteiger partial charge is 0.342 e. The molecule has 70 valence electrons. The van der Waals surface area contributed by atoms with Crippen LogP contribution in [0, 0.1) is 5.39 Å². The molecule has 0 aliphatic rings. The first-order valence-electron chi connectivity index (χ1n) is 4.39. The Balaban J connectivity index is 2.96. The minimum atomic E-state index is 0.663. The number of aryl methyl sites for hydroxylation is 2. The second-order valence-corrected chi connectivity index (χ2v) is 2.95. The summed E-state index contributed by atoms with van der Waals surface area (Å²) in [5.74, 6) is 0. The second-order valence-electron chi connectivity index (χ2n) is 2.95. The highest BCUT2D eigenvalue weighted by Gasteiger charge is 2.01. The molecule has 1 aromatic rings. The van der Waals surface area contributed by atoms with Crippen LogP contribution in [0.4, 0.5) is 0 Å². The lowest BCUT2D eigenvalue weighted by Crippen LogP contribution is -2.23. The van der Waals surface area contributed by atoms with Crippen LogP contribution in [0.15, 0.2) is 17.5 Å². The highest BCUT2D eigenvalue weighted by molar-refractivity contribution is 4.79. The van der Waals surface area contributed by atoms with E-state index in [1.165, 1.54) is 0 Å². The van der Waals surface area contributed by atoms with Crippen LogP contribution in [0.3, 0.4) is 0 Å². The van der Waals surface area contributed by atoms with Gasteiger partial charge in [0.15, 0.2) is 0 Å². The molecule has 0 amide bonds. The van der Waals surface area contributed by atoms with Crippen LogP contribution in [0.5, 0.6) is 0 Å². The maximum Gasteiger partial charge on any atom is 0.342 e. The van der Waals surface area contributed by atoms with Crippen molar-refractivity contribution in [2.75, 3.05) is 0 Å². The van der Waals surface area contributed by atoms with Gasteiger partial charge in [-0.2, -0.15) is 0 Å². The summed E-state index contributed by atoms with van der Waals surface area (Å²) in [6.07, 6.45) is 6.06. The molecule has 0 saturated carbocycles. The Bertz CT molecular complexity index is 365. The lowest BCUT2D eigenvalue weighted by Gasteiger charge is -1.97. The number of rotatable bonds is 3. The lowest BCUT2D eigenvalue weighted by atomic mass is 10.3. The van der Waals surface area contributed by atoms with Crippen LogP contribution in [-0.4, -0.2) is 9.13 Å². The quantitative estimate of drug-likeness (QED) is 0.511. The first-order chi connectivity index (χ1) is 6.29. The van der Waals surface area contributed by atoms with Crippen molar-refractivity contribution < 1.29 is 0 Å². The van der Waals surface area contributed by atoms with Crippen molar-refractivity contribution in [3.05, 3.63) is 23.1 Å². The van der Waals surface area contributed by atoms with Gasteiger partial charge in [-0.05, 0) is 6.42 Å². The third-order valence-electron chi connectivity index (χ3n) is 1.93. The van der Waals surface area contributed by atoms with E-state index in [4.69, 9.17) is 5.39 Å². The monoisotopic (exact) mass is 180 g/mol. The molecule has 0 N–H and O–H groups in total.